The molecule has 3 heteroatoms. The molecular formula is C17H24O2S. The van der Waals surface area contributed by atoms with Crippen LogP contribution in [-0.2, 0) is 10.5 Å². The molecule has 0 aliphatic carbocycles. The third-order valence-corrected chi connectivity index (χ3v) is 4.82. The summed E-state index contributed by atoms with van der Waals surface area (Å²) < 4.78 is 0. The summed E-state index contributed by atoms with van der Waals surface area (Å²) in [4.78, 5) is 12.6. The van der Waals surface area contributed by atoms with E-state index in [1.165, 1.54) is 10.5 Å². The van der Waals surface area contributed by atoms with Gasteiger partial charge >= 0.3 is 5.97 Å². The van der Waals surface area contributed by atoms with Crippen molar-refractivity contribution in [3.8, 4) is 0 Å². The molecule has 0 radical (unpaired) electrons. The van der Waals surface area contributed by atoms with Gasteiger partial charge in [0.15, 0.2) is 0 Å². The molecule has 1 aromatic carbocycles. The van der Waals surface area contributed by atoms with E-state index in [9.17, 15) is 9.90 Å². The molecule has 0 saturated heterocycles. The lowest BCUT2D eigenvalue weighted by Gasteiger charge is -2.18. The highest BCUT2D eigenvalue weighted by Gasteiger charge is 2.21. The van der Waals surface area contributed by atoms with Gasteiger partial charge in [0.05, 0.1) is 5.92 Å². The van der Waals surface area contributed by atoms with E-state index in [0.29, 0.717) is 6.42 Å². The van der Waals surface area contributed by atoms with Crippen LogP contribution in [0.3, 0.4) is 0 Å². The van der Waals surface area contributed by atoms with Crippen LogP contribution in [0.2, 0.25) is 0 Å². The van der Waals surface area contributed by atoms with Gasteiger partial charge in [-0.3, -0.25) is 4.79 Å². The maximum absolute atomic E-state index is 11.4. The molecule has 20 heavy (non-hydrogen) atoms. The molecule has 1 atom stereocenters. The van der Waals surface area contributed by atoms with E-state index >= 15 is 0 Å². The minimum atomic E-state index is -0.699. The van der Waals surface area contributed by atoms with Crippen molar-refractivity contribution in [2.24, 2.45) is 5.92 Å². The largest absolute Gasteiger partial charge is 0.481 e. The number of thioether (sulfide) groups is 1. The van der Waals surface area contributed by atoms with Crippen LogP contribution >= 0.6 is 11.8 Å². The molecule has 1 unspecified atom stereocenters. The topological polar surface area (TPSA) is 37.3 Å². The van der Waals surface area contributed by atoms with Gasteiger partial charge in [-0.1, -0.05) is 51.1 Å². The number of hydrogen-bond acceptors (Lipinski definition) is 2. The zero-order chi connectivity index (χ0) is 15.0. The van der Waals surface area contributed by atoms with Gasteiger partial charge in [-0.2, -0.15) is 0 Å². The van der Waals surface area contributed by atoms with Crippen molar-refractivity contribution in [3.05, 3.63) is 46.4 Å². The van der Waals surface area contributed by atoms with Crippen LogP contribution in [0, 0.1) is 5.92 Å². The van der Waals surface area contributed by atoms with Crippen molar-refractivity contribution in [1.82, 2.24) is 0 Å². The normalized spacial score (nSPS) is 13.8. The number of hydrogen-bond donors (Lipinski definition) is 1. The standard InChI is InChI=1S/C17H24O2S/c1-4-14(15(5-2)17(18)19)16(6-3)20-12-13-10-8-7-9-11-13/h7-11,15H,4-6,12H2,1-3H3,(H,18,19). The SMILES string of the molecule is CCC(SCc1ccccc1)=C(CC)C(CC)C(=O)O. The van der Waals surface area contributed by atoms with Gasteiger partial charge in [-0.15, -0.1) is 11.8 Å². The van der Waals surface area contributed by atoms with Crippen molar-refractivity contribution in [1.29, 1.82) is 0 Å². The van der Waals surface area contributed by atoms with Crippen molar-refractivity contribution in [2.75, 3.05) is 0 Å². The first-order valence-electron chi connectivity index (χ1n) is 7.25. The van der Waals surface area contributed by atoms with Crippen molar-refractivity contribution in [2.45, 2.75) is 45.8 Å². The number of carbonyl (C=O) groups is 1. The number of rotatable bonds is 8. The summed E-state index contributed by atoms with van der Waals surface area (Å²) in [6.07, 6.45) is 2.38. The Morgan fingerprint density at radius 2 is 1.80 bits per heavy atom. The van der Waals surface area contributed by atoms with Crippen LogP contribution in [0.15, 0.2) is 40.8 Å². The van der Waals surface area contributed by atoms with Gasteiger partial charge in [0, 0.05) is 5.75 Å². The number of allylic oxidation sites excluding steroid dienone is 1. The fraction of sp³-hybridized carbons (Fsp3) is 0.471. The highest BCUT2D eigenvalue weighted by Crippen LogP contribution is 2.33. The minimum absolute atomic E-state index is 0.335. The number of carboxylic acids is 1. The zero-order valence-electron chi connectivity index (χ0n) is 12.6. The third kappa shape index (κ3) is 4.71. The first-order chi connectivity index (χ1) is 9.63. The molecule has 0 aromatic heterocycles. The summed E-state index contributed by atoms with van der Waals surface area (Å²) in [7, 11) is 0. The fourth-order valence-corrected chi connectivity index (χ4v) is 3.58. The summed E-state index contributed by atoms with van der Waals surface area (Å²) in [5, 5.41) is 9.36. The second-order valence-corrected chi connectivity index (χ2v) is 5.80. The number of aliphatic carboxylic acids is 1. The van der Waals surface area contributed by atoms with E-state index in [0.717, 1.165) is 24.2 Å². The van der Waals surface area contributed by atoms with E-state index in [1.807, 2.05) is 25.1 Å². The monoisotopic (exact) mass is 292 g/mol. The van der Waals surface area contributed by atoms with Gasteiger partial charge in [0.1, 0.15) is 0 Å². The Morgan fingerprint density at radius 1 is 1.15 bits per heavy atom. The Balaban J connectivity index is 2.89. The van der Waals surface area contributed by atoms with Crippen LogP contribution in [0.5, 0.6) is 0 Å². The maximum Gasteiger partial charge on any atom is 0.310 e. The summed E-state index contributed by atoms with van der Waals surface area (Å²) in [5.74, 6) is -0.127. The van der Waals surface area contributed by atoms with Gasteiger partial charge in [-0.05, 0) is 35.3 Å². The highest BCUT2D eigenvalue weighted by atomic mass is 32.2. The van der Waals surface area contributed by atoms with E-state index in [2.05, 4.69) is 26.0 Å². The Labute approximate surface area is 126 Å². The highest BCUT2D eigenvalue weighted by molar-refractivity contribution is 8.02. The second kappa shape index (κ2) is 8.85. The Morgan fingerprint density at radius 3 is 2.25 bits per heavy atom. The Hall–Kier alpha value is -1.22. The first-order valence-corrected chi connectivity index (χ1v) is 8.23. The van der Waals surface area contributed by atoms with Gasteiger partial charge in [0.2, 0.25) is 0 Å². The first kappa shape index (κ1) is 16.8. The molecule has 0 heterocycles. The molecule has 1 aromatic rings. The van der Waals surface area contributed by atoms with Crippen LogP contribution < -0.4 is 0 Å². The molecule has 0 aliphatic rings. The number of carboxylic acid groups (broad SMARTS) is 1. The molecule has 0 bridgehead atoms. The smallest absolute Gasteiger partial charge is 0.310 e. The molecule has 0 fully saturated rings. The van der Waals surface area contributed by atoms with Crippen LogP contribution in [0.1, 0.15) is 45.6 Å². The zero-order valence-corrected chi connectivity index (χ0v) is 13.4. The molecule has 1 N–H and O–H groups in total. The average Bonchev–Trinajstić information content (AvgIpc) is 2.47. The Bertz CT molecular complexity index is 451. The summed E-state index contributed by atoms with van der Waals surface area (Å²) in [5.41, 5.74) is 2.38. The number of benzene rings is 1. The quantitative estimate of drug-likeness (QED) is 0.724. The van der Waals surface area contributed by atoms with E-state index in [-0.39, 0.29) is 5.92 Å². The molecular weight excluding hydrogens is 268 g/mol. The van der Waals surface area contributed by atoms with E-state index in [1.54, 1.807) is 11.8 Å². The predicted molar refractivity (Wildman–Crippen MR) is 86.8 cm³/mol. The van der Waals surface area contributed by atoms with Gasteiger partial charge in [0.25, 0.3) is 0 Å². The van der Waals surface area contributed by atoms with Crippen molar-refractivity contribution in [3.63, 3.8) is 0 Å². The van der Waals surface area contributed by atoms with Crippen LogP contribution in [-0.4, -0.2) is 11.1 Å². The molecule has 0 spiro atoms. The summed E-state index contributed by atoms with van der Waals surface area (Å²) in [6, 6.07) is 10.3. The van der Waals surface area contributed by atoms with E-state index < -0.39 is 5.97 Å². The van der Waals surface area contributed by atoms with Crippen molar-refractivity contribution >= 4 is 17.7 Å². The van der Waals surface area contributed by atoms with Crippen LogP contribution in [0.4, 0.5) is 0 Å². The average molecular weight is 292 g/mol. The lowest BCUT2D eigenvalue weighted by atomic mass is 9.93. The van der Waals surface area contributed by atoms with Gasteiger partial charge in [-0.25, -0.2) is 0 Å². The lowest BCUT2D eigenvalue weighted by Crippen LogP contribution is -2.16. The second-order valence-electron chi connectivity index (χ2n) is 4.73. The molecule has 1 rings (SSSR count). The maximum atomic E-state index is 11.4. The van der Waals surface area contributed by atoms with E-state index in [4.69, 9.17) is 0 Å². The fourth-order valence-electron chi connectivity index (χ4n) is 2.37. The molecule has 110 valence electrons. The molecule has 0 saturated carbocycles. The molecule has 0 aliphatic heterocycles. The van der Waals surface area contributed by atoms with Crippen LogP contribution in [0.25, 0.3) is 0 Å². The third-order valence-electron chi connectivity index (χ3n) is 3.44. The molecule has 0 amide bonds. The predicted octanol–water partition coefficient (Wildman–Crippen LogP) is 5.10. The van der Waals surface area contributed by atoms with Crippen molar-refractivity contribution < 1.29 is 9.90 Å². The lowest BCUT2D eigenvalue weighted by molar-refractivity contribution is -0.140. The minimum Gasteiger partial charge on any atom is -0.481 e. The molecule has 2 nitrogen and oxygen atoms in total. The summed E-state index contributed by atoms with van der Waals surface area (Å²) in [6.45, 7) is 6.11. The Kier molecular flexibility index (Phi) is 7.45. The summed E-state index contributed by atoms with van der Waals surface area (Å²) >= 11 is 1.78. The van der Waals surface area contributed by atoms with Gasteiger partial charge < -0.3 is 5.11 Å².